The van der Waals surface area contributed by atoms with Crippen molar-refractivity contribution in [3.63, 3.8) is 0 Å². The van der Waals surface area contributed by atoms with Crippen molar-refractivity contribution in [2.75, 3.05) is 23.4 Å². The predicted octanol–water partition coefficient (Wildman–Crippen LogP) is 5.72. The average molecular weight is 480 g/mol. The van der Waals surface area contributed by atoms with Crippen LogP contribution in [0, 0.1) is 6.92 Å². The smallest absolute Gasteiger partial charge is 0.350 e. The van der Waals surface area contributed by atoms with E-state index in [9.17, 15) is 14.4 Å². The van der Waals surface area contributed by atoms with Crippen LogP contribution in [-0.2, 0) is 4.74 Å². The molecule has 0 atom stereocenters. The Labute approximate surface area is 203 Å². The lowest BCUT2D eigenvalue weighted by atomic mass is 10.1. The van der Waals surface area contributed by atoms with Crippen molar-refractivity contribution in [1.29, 1.82) is 0 Å². The first kappa shape index (κ1) is 25.1. The van der Waals surface area contributed by atoms with Gasteiger partial charge in [-0.15, -0.1) is 0 Å². The van der Waals surface area contributed by atoms with Crippen molar-refractivity contribution < 1.29 is 19.1 Å². The van der Waals surface area contributed by atoms with Crippen LogP contribution in [0.3, 0.4) is 0 Å². The molecule has 0 radical (unpaired) electrons. The molecule has 0 aliphatic rings. The Bertz CT molecular complexity index is 1130. The molecule has 34 heavy (non-hydrogen) atoms. The number of carbonyl (C=O) groups is 3. The average Bonchev–Trinajstić information content (AvgIpc) is 3.24. The van der Waals surface area contributed by atoms with E-state index in [-0.39, 0.29) is 18.4 Å². The maximum atomic E-state index is 13.4. The van der Waals surface area contributed by atoms with Crippen LogP contribution in [0.5, 0.6) is 0 Å². The summed E-state index contributed by atoms with van der Waals surface area (Å²) in [4.78, 5) is 44.5. The Morgan fingerprint density at radius 3 is 2.32 bits per heavy atom. The number of aryl methyl sites for hydroxylation is 1. The molecule has 178 valence electrons. The lowest BCUT2D eigenvalue weighted by Gasteiger charge is -2.20. The van der Waals surface area contributed by atoms with Crippen LogP contribution in [0.15, 0.2) is 54.6 Å². The predicted molar refractivity (Wildman–Crippen MR) is 135 cm³/mol. The number of anilines is 2. The number of benzene rings is 2. The molecule has 7 nitrogen and oxygen atoms in total. The first-order valence-corrected chi connectivity index (χ1v) is 12.2. The van der Waals surface area contributed by atoms with E-state index in [1.807, 2.05) is 6.07 Å². The highest BCUT2D eigenvalue weighted by molar-refractivity contribution is 7.17. The monoisotopic (exact) mass is 479 g/mol. The zero-order valence-electron chi connectivity index (χ0n) is 19.7. The molecule has 2 aromatic carbocycles. The van der Waals surface area contributed by atoms with E-state index in [0.29, 0.717) is 39.1 Å². The minimum Gasteiger partial charge on any atom is -0.462 e. The molecule has 1 N–H and O–H groups in total. The Kier molecular flexibility index (Phi) is 8.93. The number of thiazole rings is 1. The summed E-state index contributed by atoms with van der Waals surface area (Å²) in [6.45, 7) is 6.36. The Morgan fingerprint density at radius 2 is 1.68 bits per heavy atom. The fourth-order valence-corrected chi connectivity index (χ4v) is 4.32. The first-order valence-electron chi connectivity index (χ1n) is 11.4. The number of unbranched alkanes of at least 4 members (excludes halogenated alkanes) is 2. The number of nitrogens with zero attached hydrogens (tertiary/aromatic N) is 2. The molecule has 1 aromatic heterocycles. The minimum atomic E-state index is -0.428. The van der Waals surface area contributed by atoms with Gasteiger partial charge in [-0.2, -0.15) is 0 Å². The molecule has 0 aliphatic carbocycles. The first-order chi connectivity index (χ1) is 16.4. The summed E-state index contributed by atoms with van der Waals surface area (Å²) < 4.78 is 5.12. The van der Waals surface area contributed by atoms with Crippen LogP contribution < -0.4 is 10.2 Å². The third kappa shape index (κ3) is 6.29. The molecule has 1 heterocycles. The van der Waals surface area contributed by atoms with Crippen molar-refractivity contribution in [3.05, 3.63) is 76.3 Å². The van der Waals surface area contributed by atoms with Gasteiger partial charge in [0.25, 0.3) is 11.8 Å². The number of hydrogen-bond acceptors (Lipinski definition) is 6. The molecule has 0 bridgehead atoms. The van der Waals surface area contributed by atoms with Gasteiger partial charge in [0.05, 0.1) is 12.3 Å². The standard InChI is InChI=1S/C26H29N3O4S/c1-4-6-10-17-29(26-27-18(3)22(34-26)25(32)33-5-2)24(31)20-13-15-21(16-14-20)28-23(30)19-11-8-7-9-12-19/h7-9,11-16H,4-6,10,17H2,1-3H3,(H,28,30). The van der Waals surface area contributed by atoms with Gasteiger partial charge in [0.2, 0.25) is 0 Å². The highest BCUT2D eigenvalue weighted by Gasteiger charge is 2.24. The van der Waals surface area contributed by atoms with Crippen LogP contribution in [0.1, 0.15) is 69.2 Å². The maximum absolute atomic E-state index is 13.4. The molecular weight excluding hydrogens is 450 g/mol. The van der Waals surface area contributed by atoms with Crippen molar-refractivity contribution >= 4 is 39.9 Å². The maximum Gasteiger partial charge on any atom is 0.350 e. The number of nitrogens with one attached hydrogen (secondary N) is 1. The SMILES string of the molecule is CCCCCN(C(=O)c1ccc(NC(=O)c2ccccc2)cc1)c1nc(C)c(C(=O)OCC)s1. The van der Waals surface area contributed by atoms with Gasteiger partial charge in [-0.3, -0.25) is 14.5 Å². The topological polar surface area (TPSA) is 88.6 Å². The highest BCUT2D eigenvalue weighted by Crippen LogP contribution is 2.29. The largest absolute Gasteiger partial charge is 0.462 e. The molecular formula is C26H29N3O4S. The third-order valence-electron chi connectivity index (χ3n) is 5.13. The number of ether oxygens (including phenoxy) is 1. The summed E-state index contributed by atoms with van der Waals surface area (Å²) in [5, 5.41) is 3.31. The van der Waals surface area contributed by atoms with Gasteiger partial charge in [-0.25, -0.2) is 9.78 Å². The summed E-state index contributed by atoms with van der Waals surface area (Å²) in [6, 6.07) is 15.7. The zero-order valence-corrected chi connectivity index (χ0v) is 20.5. The minimum absolute atomic E-state index is 0.207. The molecule has 0 saturated carbocycles. The number of rotatable bonds is 10. The second-order valence-corrected chi connectivity index (χ2v) is 8.67. The number of amides is 2. The molecule has 8 heteroatoms. The zero-order chi connectivity index (χ0) is 24.5. The van der Waals surface area contributed by atoms with Crippen LogP contribution >= 0.6 is 11.3 Å². The van der Waals surface area contributed by atoms with Crippen LogP contribution in [0.2, 0.25) is 0 Å². The van der Waals surface area contributed by atoms with E-state index in [1.165, 1.54) is 11.3 Å². The van der Waals surface area contributed by atoms with Crippen molar-refractivity contribution in [3.8, 4) is 0 Å². The lowest BCUT2D eigenvalue weighted by Crippen LogP contribution is -2.32. The van der Waals surface area contributed by atoms with Gasteiger partial charge >= 0.3 is 5.97 Å². The van der Waals surface area contributed by atoms with Gasteiger partial charge in [0.15, 0.2) is 5.13 Å². The molecule has 3 aromatic rings. The van der Waals surface area contributed by atoms with Gasteiger partial charge in [-0.05, 0) is 56.7 Å². The van der Waals surface area contributed by atoms with Crippen LogP contribution in [0.25, 0.3) is 0 Å². The fraction of sp³-hybridized carbons (Fsp3) is 0.308. The summed E-state index contributed by atoms with van der Waals surface area (Å²) in [5.41, 5.74) is 2.17. The fourth-order valence-electron chi connectivity index (χ4n) is 3.33. The summed E-state index contributed by atoms with van der Waals surface area (Å²) in [6.07, 6.45) is 2.81. The Hall–Kier alpha value is -3.52. The van der Waals surface area contributed by atoms with E-state index in [2.05, 4.69) is 17.2 Å². The van der Waals surface area contributed by atoms with Gasteiger partial charge in [0, 0.05) is 23.4 Å². The quantitative estimate of drug-likeness (QED) is 0.297. The molecule has 0 aliphatic heterocycles. The third-order valence-corrected chi connectivity index (χ3v) is 6.29. The number of aromatic nitrogens is 1. The summed E-state index contributed by atoms with van der Waals surface area (Å²) >= 11 is 1.17. The molecule has 2 amide bonds. The van der Waals surface area contributed by atoms with Gasteiger partial charge in [-0.1, -0.05) is 49.3 Å². The number of esters is 1. The number of hydrogen-bond donors (Lipinski definition) is 1. The van der Waals surface area contributed by atoms with Crippen LogP contribution in [-0.4, -0.2) is 35.9 Å². The summed E-state index contributed by atoms with van der Waals surface area (Å²) in [5.74, 6) is -0.852. The Morgan fingerprint density at radius 1 is 0.971 bits per heavy atom. The van der Waals surface area contributed by atoms with E-state index < -0.39 is 5.97 Å². The second-order valence-electron chi connectivity index (χ2n) is 7.69. The number of carbonyl (C=O) groups excluding carboxylic acids is 3. The van der Waals surface area contributed by atoms with E-state index in [4.69, 9.17) is 4.74 Å². The van der Waals surface area contributed by atoms with E-state index in [1.54, 1.807) is 67.3 Å². The molecule has 0 fully saturated rings. The molecule has 0 saturated heterocycles. The van der Waals surface area contributed by atoms with E-state index in [0.717, 1.165) is 19.3 Å². The van der Waals surface area contributed by atoms with Crippen molar-refractivity contribution in [2.45, 2.75) is 40.0 Å². The highest BCUT2D eigenvalue weighted by atomic mass is 32.1. The molecule has 0 spiro atoms. The van der Waals surface area contributed by atoms with Crippen LogP contribution in [0.4, 0.5) is 10.8 Å². The summed E-state index contributed by atoms with van der Waals surface area (Å²) in [7, 11) is 0. The van der Waals surface area contributed by atoms with E-state index >= 15 is 0 Å². The molecule has 0 unspecified atom stereocenters. The molecule has 3 rings (SSSR count). The van der Waals surface area contributed by atoms with Crippen molar-refractivity contribution in [2.24, 2.45) is 0 Å². The Balaban J connectivity index is 1.79. The lowest BCUT2D eigenvalue weighted by molar-refractivity contribution is 0.0530. The van der Waals surface area contributed by atoms with Crippen molar-refractivity contribution in [1.82, 2.24) is 4.98 Å². The normalized spacial score (nSPS) is 10.6. The van der Waals surface area contributed by atoms with Gasteiger partial charge < -0.3 is 10.1 Å². The second kappa shape index (κ2) is 12.1. The van der Waals surface area contributed by atoms with Gasteiger partial charge in [0.1, 0.15) is 4.88 Å².